The molecule has 0 aliphatic heterocycles. The monoisotopic (exact) mass is 320 g/mol. The minimum Gasteiger partial charge on any atom is -0.482 e. The van der Waals surface area contributed by atoms with E-state index in [9.17, 15) is 4.79 Å². The SMILES string of the molecule is N#Cc1ccccc1OCC(=O)NCCc1cn2ccccc2n1. The molecule has 0 saturated heterocycles. The lowest BCUT2D eigenvalue weighted by molar-refractivity contribution is -0.123. The Bertz CT molecular complexity index is 862. The Labute approximate surface area is 139 Å². The molecule has 3 aromatic rings. The third-order valence-electron chi connectivity index (χ3n) is 3.48. The van der Waals surface area contributed by atoms with Crippen molar-refractivity contribution in [3.8, 4) is 11.8 Å². The Balaban J connectivity index is 1.46. The van der Waals surface area contributed by atoms with Crippen LogP contribution in [0.15, 0.2) is 54.9 Å². The highest BCUT2D eigenvalue weighted by molar-refractivity contribution is 5.77. The fourth-order valence-corrected chi connectivity index (χ4v) is 2.32. The number of carbonyl (C=O) groups is 1. The van der Waals surface area contributed by atoms with E-state index in [-0.39, 0.29) is 12.5 Å². The third kappa shape index (κ3) is 3.70. The number of para-hydroxylation sites is 1. The molecule has 1 amide bonds. The summed E-state index contributed by atoms with van der Waals surface area (Å²) < 4.78 is 7.33. The van der Waals surface area contributed by atoms with Crippen molar-refractivity contribution in [2.45, 2.75) is 6.42 Å². The molecular weight excluding hydrogens is 304 g/mol. The first-order valence-corrected chi connectivity index (χ1v) is 7.57. The van der Waals surface area contributed by atoms with Crippen LogP contribution in [0.3, 0.4) is 0 Å². The molecule has 24 heavy (non-hydrogen) atoms. The van der Waals surface area contributed by atoms with Gasteiger partial charge in [0, 0.05) is 25.4 Å². The van der Waals surface area contributed by atoms with Gasteiger partial charge in [0.25, 0.3) is 5.91 Å². The molecule has 0 bridgehead atoms. The molecule has 0 spiro atoms. The minimum absolute atomic E-state index is 0.121. The van der Waals surface area contributed by atoms with Crippen LogP contribution in [0.2, 0.25) is 0 Å². The summed E-state index contributed by atoms with van der Waals surface area (Å²) in [6, 6.07) is 14.7. The van der Waals surface area contributed by atoms with Crippen LogP contribution in [0.4, 0.5) is 0 Å². The Morgan fingerprint density at radius 1 is 1.25 bits per heavy atom. The van der Waals surface area contributed by atoms with E-state index in [1.165, 1.54) is 0 Å². The van der Waals surface area contributed by atoms with Crippen LogP contribution >= 0.6 is 0 Å². The molecule has 6 heteroatoms. The molecule has 0 atom stereocenters. The standard InChI is InChI=1S/C18H16N4O2/c19-11-14-5-1-2-6-16(14)24-13-18(23)20-9-8-15-12-22-10-4-3-7-17(22)21-15/h1-7,10,12H,8-9,13H2,(H,20,23). The molecule has 2 heterocycles. The van der Waals surface area contributed by atoms with E-state index in [0.29, 0.717) is 24.3 Å². The lowest BCUT2D eigenvalue weighted by Crippen LogP contribution is -2.30. The maximum Gasteiger partial charge on any atom is 0.257 e. The minimum atomic E-state index is -0.230. The molecule has 0 aliphatic carbocycles. The van der Waals surface area contributed by atoms with Crippen molar-refractivity contribution in [3.63, 3.8) is 0 Å². The summed E-state index contributed by atoms with van der Waals surface area (Å²) in [7, 11) is 0. The topological polar surface area (TPSA) is 79.4 Å². The van der Waals surface area contributed by atoms with Gasteiger partial charge in [-0.15, -0.1) is 0 Å². The molecule has 1 aromatic carbocycles. The molecule has 6 nitrogen and oxygen atoms in total. The van der Waals surface area contributed by atoms with E-state index in [0.717, 1.165) is 11.3 Å². The normalized spacial score (nSPS) is 10.3. The highest BCUT2D eigenvalue weighted by Crippen LogP contribution is 2.16. The van der Waals surface area contributed by atoms with Crippen molar-refractivity contribution in [1.82, 2.24) is 14.7 Å². The van der Waals surface area contributed by atoms with Gasteiger partial charge in [-0.25, -0.2) is 4.98 Å². The van der Waals surface area contributed by atoms with Crippen molar-refractivity contribution in [3.05, 3.63) is 66.1 Å². The Hall–Kier alpha value is -3.33. The molecule has 0 unspecified atom stereocenters. The van der Waals surface area contributed by atoms with Crippen molar-refractivity contribution >= 4 is 11.6 Å². The first-order valence-electron chi connectivity index (χ1n) is 7.57. The van der Waals surface area contributed by atoms with Crippen molar-refractivity contribution in [2.24, 2.45) is 0 Å². The van der Waals surface area contributed by atoms with Crippen LogP contribution in [0, 0.1) is 11.3 Å². The van der Waals surface area contributed by atoms with Gasteiger partial charge in [0.15, 0.2) is 6.61 Å². The smallest absolute Gasteiger partial charge is 0.257 e. The fourth-order valence-electron chi connectivity index (χ4n) is 2.32. The summed E-state index contributed by atoms with van der Waals surface area (Å²) in [4.78, 5) is 16.3. The number of benzene rings is 1. The number of hydrogen-bond acceptors (Lipinski definition) is 4. The van der Waals surface area contributed by atoms with Crippen molar-refractivity contribution < 1.29 is 9.53 Å². The molecule has 0 fully saturated rings. The highest BCUT2D eigenvalue weighted by Gasteiger charge is 2.07. The lowest BCUT2D eigenvalue weighted by Gasteiger charge is -2.08. The van der Waals surface area contributed by atoms with Gasteiger partial charge in [-0.1, -0.05) is 18.2 Å². The summed E-state index contributed by atoms with van der Waals surface area (Å²) >= 11 is 0. The fraction of sp³-hybridized carbons (Fsp3) is 0.167. The number of imidazole rings is 1. The van der Waals surface area contributed by atoms with E-state index >= 15 is 0 Å². The number of carbonyl (C=O) groups excluding carboxylic acids is 1. The van der Waals surface area contributed by atoms with E-state index in [2.05, 4.69) is 10.3 Å². The quantitative estimate of drug-likeness (QED) is 0.753. The summed E-state index contributed by atoms with van der Waals surface area (Å²) in [6.45, 7) is 0.357. The molecule has 0 radical (unpaired) electrons. The second-order valence-corrected chi connectivity index (χ2v) is 5.19. The van der Waals surface area contributed by atoms with Crippen LogP contribution < -0.4 is 10.1 Å². The molecule has 3 rings (SSSR count). The number of hydrogen-bond donors (Lipinski definition) is 1. The van der Waals surface area contributed by atoms with E-state index in [1.807, 2.05) is 41.1 Å². The predicted octanol–water partition coefficient (Wildman–Crippen LogP) is 1.94. The average molecular weight is 320 g/mol. The first-order chi connectivity index (χ1) is 11.8. The lowest BCUT2D eigenvalue weighted by atomic mass is 10.2. The van der Waals surface area contributed by atoms with Crippen LogP contribution in [0.5, 0.6) is 5.75 Å². The number of nitrogens with zero attached hydrogens (tertiary/aromatic N) is 3. The van der Waals surface area contributed by atoms with Gasteiger partial charge in [0.1, 0.15) is 17.5 Å². The van der Waals surface area contributed by atoms with Gasteiger partial charge in [0.2, 0.25) is 0 Å². The zero-order valence-corrected chi connectivity index (χ0v) is 13.0. The van der Waals surface area contributed by atoms with E-state index in [1.54, 1.807) is 24.3 Å². The molecule has 120 valence electrons. The number of aromatic nitrogens is 2. The second-order valence-electron chi connectivity index (χ2n) is 5.19. The number of rotatable bonds is 6. The Morgan fingerprint density at radius 3 is 2.92 bits per heavy atom. The number of pyridine rings is 1. The van der Waals surface area contributed by atoms with E-state index in [4.69, 9.17) is 10.00 Å². The molecule has 0 saturated carbocycles. The summed E-state index contributed by atoms with van der Waals surface area (Å²) in [5.74, 6) is 0.182. The summed E-state index contributed by atoms with van der Waals surface area (Å²) in [5, 5.41) is 11.8. The summed E-state index contributed by atoms with van der Waals surface area (Å²) in [5.41, 5.74) is 2.21. The maximum absolute atomic E-state index is 11.8. The zero-order chi connectivity index (χ0) is 16.8. The maximum atomic E-state index is 11.8. The Kier molecular flexibility index (Phi) is 4.73. The van der Waals surface area contributed by atoms with Gasteiger partial charge in [-0.05, 0) is 24.3 Å². The van der Waals surface area contributed by atoms with Gasteiger partial charge in [0.05, 0.1) is 11.3 Å². The van der Waals surface area contributed by atoms with Gasteiger partial charge >= 0.3 is 0 Å². The van der Waals surface area contributed by atoms with Crippen molar-refractivity contribution in [2.75, 3.05) is 13.2 Å². The van der Waals surface area contributed by atoms with E-state index < -0.39 is 0 Å². The number of ether oxygens (including phenoxy) is 1. The first kappa shape index (κ1) is 15.6. The molecule has 0 aliphatic rings. The number of nitrogens with one attached hydrogen (secondary N) is 1. The largest absolute Gasteiger partial charge is 0.482 e. The summed E-state index contributed by atoms with van der Waals surface area (Å²) in [6.07, 6.45) is 4.52. The Morgan fingerprint density at radius 2 is 2.08 bits per heavy atom. The molecule has 2 aromatic heterocycles. The predicted molar refractivity (Wildman–Crippen MR) is 88.6 cm³/mol. The van der Waals surface area contributed by atoms with Crippen molar-refractivity contribution in [1.29, 1.82) is 5.26 Å². The zero-order valence-electron chi connectivity index (χ0n) is 13.0. The average Bonchev–Trinajstić information content (AvgIpc) is 3.03. The molecular formula is C18H16N4O2. The second kappa shape index (κ2) is 7.29. The van der Waals surface area contributed by atoms with Crippen LogP contribution in [0.25, 0.3) is 5.65 Å². The van der Waals surface area contributed by atoms with Crippen LogP contribution in [-0.4, -0.2) is 28.4 Å². The number of nitriles is 1. The number of amides is 1. The third-order valence-corrected chi connectivity index (χ3v) is 3.48. The van der Waals surface area contributed by atoms with Crippen LogP contribution in [0.1, 0.15) is 11.3 Å². The molecule has 1 N–H and O–H groups in total. The van der Waals surface area contributed by atoms with Gasteiger partial charge in [-0.3, -0.25) is 4.79 Å². The highest BCUT2D eigenvalue weighted by atomic mass is 16.5. The number of fused-ring (bicyclic) bond motifs is 1. The van der Waals surface area contributed by atoms with Gasteiger partial charge in [-0.2, -0.15) is 5.26 Å². The van der Waals surface area contributed by atoms with Crippen LogP contribution in [-0.2, 0) is 11.2 Å². The van der Waals surface area contributed by atoms with Gasteiger partial charge < -0.3 is 14.5 Å².